The first-order valence-electron chi connectivity index (χ1n) is 10.5. The largest absolute Gasteiger partial charge is 0.289 e. The van der Waals surface area contributed by atoms with Gasteiger partial charge in [0.25, 0.3) is 0 Å². The molecule has 0 aromatic heterocycles. The molecule has 0 aliphatic heterocycles. The van der Waals surface area contributed by atoms with Crippen molar-refractivity contribution in [1.82, 2.24) is 0 Å². The number of benzene rings is 4. The lowest BCUT2D eigenvalue weighted by Crippen LogP contribution is -2.20. The lowest BCUT2D eigenvalue weighted by atomic mass is 9.84. The second-order valence-corrected chi connectivity index (χ2v) is 10.3. The molecule has 0 heterocycles. The SMILES string of the molecule is O=C1c2ccccc2C(=O)c2cc(SSc3ccc4c(c3)C(=O)c3ccccc3C4=O)ccc21. The van der Waals surface area contributed by atoms with Crippen molar-refractivity contribution in [2.45, 2.75) is 9.79 Å². The van der Waals surface area contributed by atoms with Crippen LogP contribution in [0.5, 0.6) is 0 Å². The Kier molecular flexibility index (Phi) is 4.86. The first-order chi connectivity index (χ1) is 16.5. The van der Waals surface area contributed by atoms with Crippen LogP contribution < -0.4 is 0 Å². The second-order valence-electron chi connectivity index (χ2n) is 7.99. The van der Waals surface area contributed by atoms with Gasteiger partial charge in [0.1, 0.15) is 0 Å². The standard InChI is InChI=1S/C28H14O4S2/c29-25-17-5-1-3-7-19(17)27(31)23-13-15(9-11-21(23)25)33-34-16-10-12-22-24(14-16)28(32)20-8-4-2-6-18(20)26(22)30/h1-14H. The number of rotatable bonds is 3. The fraction of sp³-hybridized carbons (Fsp3) is 0. The maximum Gasteiger partial charge on any atom is 0.194 e. The van der Waals surface area contributed by atoms with Crippen LogP contribution in [0.3, 0.4) is 0 Å². The molecule has 0 radical (unpaired) electrons. The molecule has 6 heteroatoms. The predicted molar refractivity (Wildman–Crippen MR) is 131 cm³/mol. The van der Waals surface area contributed by atoms with Crippen LogP contribution in [0.25, 0.3) is 0 Å². The van der Waals surface area contributed by atoms with Gasteiger partial charge in [-0.3, -0.25) is 19.2 Å². The molecule has 4 aromatic carbocycles. The fourth-order valence-electron chi connectivity index (χ4n) is 4.36. The Hall–Kier alpha value is -3.74. The van der Waals surface area contributed by atoms with Crippen molar-refractivity contribution < 1.29 is 19.2 Å². The molecule has 162 valence electrons. The fourth-order valence-corrected chi connectivity index (χ4v) is 6.33. The van der Waals surface area contributed by atoms with Gasteiger partial charge in [0.05, 0.1) is 0 Å². The Morgan fingerprint density at radius 1 is 0.353 bits per heavy atom. The second kappa shape index (κ2) is 7.94. The topological polar surface area (TPSA) is 68.3 Å². The number of hydrogen-bond acceptors (Lipinski definition) is 6. The Labute approximate surface area is 202 Å². The first kappa shape index (κ1) is 20.8. The van der Waals surface area contributed by atoms with Crippen LogP contribution in [-0.4, -0.2) is 23.1 Å². The van der Waals surface area contributed by atoms with E-state index in [0.29, 0.717) is 44.5 Å². The summed E-state index contributed by atoms with van der Waals surface area (Å²) in [5, 5.41) is 0. The smallest absolute Gasteiger partial charge is 0.194 e. The van der Waals surface area contributed by atoms with Crippen molar-refractivity contribution in [3.05, 3.63) is 129 Å². The van der Waals surface area contributed by atoms with Crippen LogP contribution in [0.1, 0.15) is 63.7 Å². The summed E-state index contributed by atoms with van der Waals surface area (Å²) in [4.78, 5) is 53.2. The third-order valence-electron chi connectivity index (χ3n) is 6.03. The lowest BCUT2D eigenvalue weighted by molar-refractivity contribution is 0.0979. The highest BCUT2D eigenvalue weighted by Crippen LogP contribution is 2.41. The summed E-state index contributed by atoms with van der Waals surface area (Å²) in [5.74, 6) is -0.608. The quantitative estimate of drug-likeness (QED) is 0.289. The minimum absolute atomic E-state index is 0.146. The molecule has 2 aliphatic rings. The van der Waals surface area contributed by atoms with Crippen LogP contribution in [0.4, 0.5) is 0 Å². The zero-order valence-corrected chi connectivity index (χ0v) is 19.2. The lowest BCUT2D eigenvalue weighted by Gasteiger charge is -2.18. The normalized spacial score (nSPS) is 13.8. The van der Waals surface area contributed by atoms with Crippen molar-refractivity contribution in [2.24, 2.45) is 0 Å². The zero-order chi connectivity index (χ0) is 23.4. The van der Waals surface area contributed by atoms with E-state index in [4.69, 9.17) is 0 Å². The Bertz CT molecular complexity index is 1470. The van der Waals surface area contributed by atoms with Crippen LogP contribution in [0.2, 0.25) is 0 Å². The summed E-state index contributed by atoms with van der Waals surface area (Å²) < 4.78 is 0. The molecule has 0 saturated heterocycles. The molecule has 0 saturated carbocycles. The van der Waals surface area contributed by atoms with Gasteiger partial charge in [0.2, 0.25) is 0 Å². The Balaban J connectivity index is 1.27. The van der Waals surface area contributed by atoms with E-state index in [-0.39, 0.29) is 23.1 Å². The predicted octanol–water partition coefficient (Wildman–Crippen LogP) is 6.04. The maximum absolute atomic E-state index is 13.0. The van der Waals surface area contributed by atoms with E-state index < -0.39 is 0 Å². The number of carbonyl (C=O) groups excluding carboxylic acids is 4. The monoisotopic (exact) mass is 478 g/mol. The van der Waals surface area contributed by atoms with E-state index in [9.17, 15) is 19.2 Å². The van der Waals surface area contributed by atoms with E-state index in [1.165, 1.54) is 21.6 Å². The molecular weight excluding hydrogens is 464 g/mol. The van der Waals surface area contributed by atoms with Gasteiger partial charge in [0, 0.05) is 54.3 Å². The van der Waals surface area contributed by atoms with Crippen molar-refractivity contribution in [1.29, 1.82) is 0 Å². The van der Waals surface area contributed by atoms with E-state index in [0.717, 1.165) is 9.79 Å². The number of ketones is 4. The highest BCUT2D eigenvalue weighted by molar-refractivity contribution is 8.76. The molecule has 0 bridgehead atoms. The first-order valence-corrected chi connectivity index (χ1v) is 12.7. The van der Waals surface area contributed by atoms with Gasteiger partial charge in [-0.2, -0.15) is 0 Å². The summed E-state index contributed by atoms with van der Waals surface area (Å²) in [5.41, 5.74) is 3.34. The molecule has 2 aliphatic carbocycles. The molecule has 6 rings (SSSR count). The van der Waals surface area contributed by atoms with E-state index >= 15 is 0 Å². The van der Waals surface area contributed by atoms with E-state index in [1.54, 1.807) is 72.8 Å². The third-order valence-corrected chi connectivity index (χ3v) is 8.41. The number of hydrogen-bond donors (Lipinski definition) is 0. The van der Waals surface area contributed by atoms with Crippen LogP contribution >= 0.6 is 21.6 Å². The average molecular weight is 479 g/mol. The summed E-state index contributed by atoms with van der Waals surface area (Å²) in [6.45, 7) is 0. The minimum atomic E-state index is -0.158. The van der Waals surface area contributed by atoms with Crippen molar-refractivity contribution in [2.75, 3.05) is 0 Å². The van der Waals surface area contributed by atoms with Crippen LogP contribution in [0, 0.1) is 0 Å². The van der Waals surface area contributed by atoms with Crippen LogP contribution in [-0.2, 0) is 0 Å². The molecule has 0 atom stereocenters. The molecule has 34 heavy (non-hydrogen) atoms. The third kappa shape index (κ3) is 3.18. The summed E-state index contributed by atoms with van der Waals surface area (Å²) in [6.07, 6.45) is 0. The zero-order valence-electron chi connectivity index (χ0n) is 17.5. The summed E-state index contributed by atoms with van der Waals surface area (Å²) in [6, 6.07) is 24.2. The minimum Gasteiger partial charge on any atom is -0.289 e. The molecule has 0 amide bonds. The number of carbonyl (C=O) groups is 4. The molecule has 0 N–H and O–H groups in total. The molecule has 0 spiro atoms. The highest BCUT2D eigenvalue weighted by Gasteiger charge is 2.30. The van der Waals surface area contributed by atoms with Gasteiger partial charge >= 0.3 is 0 Å². The van der Waals surface area contributed by atoms with Gasteiger partial charge in [-0.05, 0) is 36.4 Å². The summed E-state index contributed by atoms with van der Waals surface area (Å²) >= 11 is 0. The van der Waals surface area contributed by atoms with Gasteiger partial charge < -0.3 is 0 Å². The van der Waals surface area contributed by atoms with E-state index in [1.807, 2.05) is 12.1 Å². The maximum atomic E-state index is 13.0. The van der Waals surface area contributed by atoms with Crippen molar-refractivity contribution in [3.8, 4) is 0 Å². The molecule has 4 aromatic rings. The molecule has 0 fully saturated rings. The Morgan fingerprint density at radius 3 is 1.00 bits per heavy atom. The molecular formula is C28H14O4S2. The van der Waals surface area contributed by atoms with Gasteiger partial charge in [-0.1, -0.05) is 70.1 Å². The molecule has 0 unspecified atom stereocenters. The van der Waals surface area contributed by atoms with Crippen LogP contribution in [0.15, 0.2) is 94.7 Å². The van der Waals surface area contributed by atoms with Crippen molar-refractivity contribution >= 4 is 44.7 Å². The molecule has 4 nitrogen and oxygen atoms in total. The highest BCUT2D eigenvalue weighted by atomic mass is 33.1. The average Bonchev–Trinajstić information content (AvgIpc) is 2.89. The van der Waals surface area contributed by atoms with Gasteiger partial charge in [-0.25, -0.2) is 0 Å². The van der Waals surface area contributed by atoms with Crippen molar-refractivity contribution in [3.63, 3.8) is 0 Å². The number of fused-ring (bicyclic) bond motifs is 4. The summed E-state index contributed by atoms with van der Waals surface area (Å²) in [7, 11) is 2.85. The van der Waals surface area contributed by atoms with Gasteiger partial charge in [-0.15, -0.1) is 0 Å². The van der Waals surface area contributed by atoms with Gasteiger partial charge in [0.15, 0.2) is 23.1 Å². The van der Waals surface area contributed by atoms with E-state index in [2.05, 4.69) is 0 Å². The Morgan fingerprint density at radius 2 is 0.647 bits per heavy atom.